The predicted octanol–water partition coefficient (Wildman–Crippen LogP) is 3.96. The normalized spacial score (nSPS) is 26.8. The minimum absolute atomic E-state index is 1.02. The monoisotopic (exact) mass is 165 g/mol. The molecule has 0 aromatic heterocycles. The highest BCUT2D eigenvalue weighted by atomic mass is 14.3. The average Bonchev–Trinajstić information content (AvgIpc) is 2.77. The molecule has 0 unspecified atom stereocenters. The maximum Gasteiger partial charge on any atom is 0.100 e. The molecule has 2 saturated carbocycles. The summed E-state index contributed by atoms with van der Waals surface area (Å²) in [5, 5.41) is 0. The van der Waals surface area contributed by atoms with Crippen LogP contribution in [0.3, 0.4) is 0 Å². The summed E-state index contributed by atoms with van der Waals surface area (Å²) in [6, 6.07) is 0. The summed E-state index contributed by atoms with van der Waals surface area (Å²) in [6.07, 6.45) is 12.0. The Balaban J connectivity index is 1.84. The molecule has 0 atom stereocenters. The Hall–Kier alpha value is -0.130. The van der Waals surface area contributed by atoms with E-state index in [-0.39, 0.29) is 0 Å². The highest BCUT2D eigenvalue weighted by molar-refractivity contribution is 5.01. The average molecular weight is 165 g/mol. The Labute approximate surface area is 76.7 Å². The quantitative estimate of drug-likeness (QED) is 0.543. The summed E-state index contributed by atoms with van der Waals surface area (Å²) in [4.78, 5) is 0. The van der Waals surface area contributed by atoms with E-state index in [1.54, 1.807) is 0 Å². The molecule has 2 rings (SSSR count). The molecule has 0 heteroatoms. The molecule has 0 heterocycles. The van der Waals surface area contributed by atoms with Gasteiger partial charge >= 0.3 is 0 Å². The maximum absolute atomic E-state index is 2.44. The Bertz CT molecular complexity index is 111. The Morgan fingerprint density at radius 2 is 1.08 bits per heavy atom. The summed E-state index contributed by atoms with van der Waals surface area (Å²) in [5.74, 6) is 3.91. The fourth-order valence-electron chi connectivity index (χ4n) is 3.10. The molecule has 0 amide bonds. The lowest BCUT2D eigenvalue weighted by atomic mass is 9.81. The third-order valence-corrected chi connectivity index (χ3v) is 4.00. The fraction of sp³-hybridized carbons (Fsp3) is 0.917. The second-order valence-corrected chi connectivity index (χ2v) is 4.71. The number of hydrogen-bond acceptors (Lipinski definition) is 0. The van der Waals surface area contributed by atoms with Gasteiger partial charge in [-0.1, -0.05) is 0 Å². The van der Waals surface area contributed by atoms with Gasteiger partial charge in [-0.2, -0.15) is 0 Å². The number of rotatable bonds is 2. The molecular weight excluding hydrogens is 144 g/mol. The second-order valence-electron chi connectivity index (χ2n) is 4.71. The summed E-state index contributed by atoms with van der Waals surface area (Å²) < 4.78 is 0. The van der Waals surface area contributed by atoms with Gasteiger partial charge in [0, 0.05) is 0 Å². The van der Waals surface area contributed by atoms with E-state index in [1.807, 2.05) is 5.92 Å². The highest BCUT2D eigenvalue weighted by Crippen LogP contribution is 2.42. The zero-order valence-electron chi connectivity index (χ0n) is 8.31. The van der Waals surface area contributed by atoms with Crippen molar-refractivity contribution >= 4 is 0 Å². The minimum Gasteiger partial charge on any atom is -0.0488 e. The lowest BCUT2D eigenvalue weighted by molar-refractivity contribution is 0.431. The van der Waals surface area contributed by atoms with Crippen molar-refractivity contribution in [3.05, 3.63) is 5.92 Å². The third kappa shape index (κ3) is 1.62. The van der Waals surface area contributed by atoms with E-state index in [0.29, 0.717) is 0 Å². The van der Waals surface area contributed by atoms with Crippen LogP contribution >= 0.6 is 0 Å². The topological polar surface area (TPSA) is 0 Å². The van der Waals surface area contributed by atoms with E-state index < -0.39 is 0 Å². The van der Waals surface area contributed by atoms with Gasteiger partial charge in [0.05, 0.1) is 12.8 Å². The van der Waals surface area contributed by atoms with Crippen LogP contribution in [0.2, 0.25) is 0 Å². The molecule has 0 aromatic rings. The lowest BCUT2D eigenvalue weighted by Crippen LogP contribution is -2.14. The zero-order chi connectivity index (χ0) is 8.39. The van der Waals surface area contributed by atoms with Gasteiger partial charge in [-0.15, -0.1) is 0 Å². The molecule has 68 valence electrons. The molecule has 0 spiro atoms. The van der Waals surface area contributed by atoms with Crippen LogP contribution in [0.1, 0.15) is 58.3 Å². The summed E-state index contributed by atoms with van der Waals surface area (Å²) in [7, 11) is 0. The van der Waals surface area contributed by atoms with E-state index in [0.717, 1.165) is 11.8 Å². The van der Waals surface area contributed by atoms with Crippen LogP contribution in [-0.2, 0) is 0 Å². The molecule has 0 nitrogen and oxygen atoms in total. The van der Waals surface area contributed by atoms with Gasteiger partial charge in [0.2, 0.25) is 0 Å². The Morgan fingerprint density at radius 1 is 0.750 bits per heavy atom. The first-order valence-corrected chi connectivity index (χ1v) is 5.71. The van der Waals surface area contributed by atoms with Crippen molar-refractivity contribution in [2.75, 3.05) is 0 Å². The molecule has 0 radical (unpaired) electrons. The first-order chi connectivity index (χ1) is 5.88. The molecule has 0 bridgehead atoms. The van der Waals surface area contributed by atoms with Crippen molar-refractivity contribution in [2.24, 2.45) is 11.8 Å². The van der Waals surface area contributed by atoms with Gasteiger partial charge in [0.1, 0.15) is 11.8 Å². The van der Waals surface area contributed by atoms with Gasteiger partial charge in [-0.05, 0) is 51.4 Å². The van der Waals surface area contributed by atoms with Crippen LogP contribution < -0.4 is 0 Å². The van der Waals surface area contributed by atoms with Crippen molar-refractivity contribution in [3.8, 4) is 0 Å². The van der Waals surface area contributed by atoms with E-state index in [2.05, 4.69) is 6.92 Å². The Morgan fingerprint density at radius 3 is 1.42 bits per heavy atom. The van der Waals surface area contributed by atoms with Crippen molar-refractivity contribution in [3.63, 3.8) is 0 Å². The van der Waals surface area contributed by atoms with Gasteiger partial charge in [-0.25, -0.2) is 0 Å². The van der Waals surface area contributed by atoms with E-state index in [1.165, 1.54) is 51.4 Å². The van der Waals surface area contributed by atoms with Gasteiger partial charge < -0.3 is 0 Å². The zero-order valence-corrected chi connectivity index (χ0v) is 8.31. The summed E-state index contributed by atoms with van der Waals surface area (Å²) in [6.45, 7) is 2.44. The van der Waals surface area contributed by atoms with Crippen LogP contribution in [0.25, 0.3) is 0 Å². The third-order valence-electron chi connectivity index (χ3n) is 4.00. The molecular formula is C12H21+. The second kappa shape index (κ2) is 3.72. The molecule has 0 aromatic carbocycles. The molecule has 2 aliphatic carbocycles. The summed E-state index contributed by atoms with van der Waals surface area (Å²) in [5.41, 5.74) is 0. The first-order valence-electron chi connectivity index (χ1n) is 5.71. The molecule has 12 heavy (non-hydrogen) atoms. The van der Waals surface area contributed by atoms with Crippen molar-refractivity contribution in [2.45, 2.75) is 58.3 Å². The largest absolute Gasteiger partial charge is 0.100 e. The first kappa shape index (κ1) is 8.47. The molecule has 0 N–H and O–H groups in total. The van der Waals surface area contributed by atoms with Crippen molar-refractivity contribution in [1.29, 1.82) is 0 Å². The van der Waals surface area contributed by atoms with Crippen molar-refractivity contribution < 1.29 is 0 Å². The SMILES string of the molecule is C[C+](C1CCCC1)C1CCCC1. The maximum atomic E-state index is 2.44. The van der Waals surface area contributed by atoms with Gasteiger partial charge in [0.15, 0.2) is 0 Å². The minimum atomic E-state index is 1.02. The van der Waals surface area contributed by atoms with Crippen LogP contribution in [0.4, 0.5) is 0 Å². The molecule has 2 fully saturated rings. The van der Waals surface area contributed by atoms with E-state index in [4.69, 9.17) is 0 Å². The van der Waals surface area contributed by atoms with E-state index in [9.17, 15) is 0 Å². The van der Waals surface area contributed by atoms with Crippen LogP contribution in [0.5, 0.6) is 0 Å². The summed E-state index contributed by atoms with van der Waals surface area (Å²) >= 11 is 0. The predicted molar refractivity (Wildman–Crippen MR) is 52.8 cm³/mol. The van der Waals surface area contributed by atoms with Gasteiger partial charge in [-0.3, -0.25) is 0 Å². The smallest absolute Gasteiger partial charge is 0.0488 e. The van der Waals surface area contributed by atoms with E-state index >= 15 is 0 Å². The Kier molecular flexibility index (Phi) is 2.63. The molecule has 2 aliphatic rings. The van der Waals surface area contributed by atoms with Crippen LogP contribution in [0.15, 0.2) is 0 Å². The molecule has 0 saturated heterocycles. The standard InChI is InChI=1S/C12H21/c1-10(11-6-2-3-7-11)12-8-4-5-9-12/h11-12H,2-9H2,1H3/q+1. The van der Waals surface area contributed by atoms with Gasteiger partial charge in [0.25, 0.3) is 0 Å². The van der Waals surface area contributed by atoms with Crippen LogP contribution in [0, 0.1) is 17.8 Å². The number of hydrogen-bond donors (Lipinski definition) is 0. The lowest BCUT2D eigenvalue weighted by Gasteiger charge is -2.13. The molecule has 0 aliphatic heterocycles. The highest BCUT2D eigenvalue weighted by Gasteiger charge is 2.38. The van der Waals surface area contributed by atoms with Crippen molar-refractivity contribution in [1.82, 2.24) is 0 Å². The fourth-order valence-corrected chi connectivity index (χ4v) is 3.10. The van der Waals surface area contributed by atoms with Crippen LogP contribution in [-0.4, -0.2) is 0 Å².